The number of pyridine rings is 1. The Labute approximate surface area is 180 Å². The number of hydrogen-bond acceptors (Lipinski definition) is 6. The number of aromatic amines is 2. The fraction of sp³-hybridized carbons (Fsp3) is 0.429. The Morgan fingerprint density at radius 2 is 2.10 bits per heavy atom. The summed E-state index contributed by atoms with van der Waals surface area (Å²) in [6, 6.07) is 4.75. The van der Waals surface area contributed by atoms with Crippen molar-refractivity contribution in [3.05, 3.63) is 40.3 Å². The number of carbonyl (C=O) groups is 1. The molecule has 166 valence electrons. The van der Waals surface area contributed by atoms with Crippen LogP contribution in [-0.2, 0) is 14.8 Å². The van der Waals surface area contributed by atoms with E-state index in [-0.39, 0.29) is 34.2 Å². The van der Waals surface area contributed by atoms with Crippen molar-refractivity contribution in [2.45, 2.75) is 30.7 Å². The van der Waals surface area contributed by atoms with Crippen LogP contribution in [0.25, 0.3) is 21.8 Å². The summed E-state index contributed by atoms with van der Waals surface area (Å²) in [5.41, 5.74) is 0.483. The Morgan fingerprint density at radius 1 is 1.32 bits per heavy atom. The molecule has 1 atom stereocenters. The first-order chi connectivity index (χ1) is 14.7. The average molecular weight is 447 g/mol. The lowest BCUT2D eigenvalue weighted by molar-refractivity contribution is 0.0507. The van der Waals surface area contributed by atoms with Crippen molar-refractivity contribution in [2.24, 2.45) is 0 Å². The third-order valence-corrected chi connectivity index (χ3v) is 7.63. The van der Waals surface area contributed by atoms with Gasteiger partial charge in [-0.25, -0.2) is 13.2 Å². The standard InChI is InChI=1S/C21H26N4O5S/c1-4-9-30-21(27)16-11-22-19-18(16)15-10-14(5-6-17(15)23-20(19)26)31(28,29)25-8-7-13(12-25)24(2)3/h5-6,10-11,13,22H,4,7-9,12H2,1-3H3,(H,23,26)/t13-/m0/s1. The lowest BCUT2D eigenvalue weighted by Gasteiger charge is -2.20. The number of sulfonamides is 1. The van der Waals surface area contributed by atoms with Crippen molar-refractivity contribution in [1.29, 1.82) is 0 Å². The number of fused-ring (bicyclic) bond motifs is 3. The number of nitrogens with zero attached hydrogens (tertiary/aromatic N) is 2. The van der Waals surface area contributed by atoms with E-state index in [2.05, 4.69) is 9.97 Å². The molecule has 0 radical (unpaired) electrons. The lowest BCUT2D eigenvalue weighted by atomic mass is 10.1. The Hall–Kier alpha value is -2.69. The van der Waals surface area contributed by atoms with Gasteiger partial charge in [-0.1, -0.05) is 6.92 Å². The maximum absolute atomic E-state index is 13.3. The highest BCUT2D eigenvalue weighted by Crippen LogP contribution is 2.30. The fourth-order valence-electron chi connectivity index (χ4n) is 4.00. The molecule has 1 aliphatic heterocycles. The minimum atomic E-state index is -3.72. The zero-order chi connectivity index (χ0) is 22.3. The molecule has 0 spiro atoms. The fourth-order valence-corrected chi connectivity index (χ4v) is 5.52. The SMILES string of the molecule is CCCOC(=O)c1c[nH]c2c(=O)[nH]c3ccc(S(=O)(=O)N4CC[C@H](N(C)C)C4)cc3c12. The van der Waals surface area contributed by atoms with Gasteiger partial charge in [0.2, 0.25) is 10.0 Å². The van der Waals surface area contributed by atoms with E-state index in [4.69, 9.17) is 4.74 Å². The van der Waals surface area contributed by atoms with Gasteiger partial charge in [0.05, 0.1) is 17.1 Å². The summed E-state index contributed by atoms with van der Waals surface area (Å²) in [4.78, 5) is 32.7. The molecule has 1 aromatic carbocycles. The van der Waals surface area contributed by atoms with E-state index in [1.54, 1.807) is 6.07 Å². The van der Waals surface area contributed by atoms with Gasteiger partial charge in [0.15, 0.2) is 0 Å². The molecule has 4 rings (SSSR count). The summed E-state index contributed by atoms with van der Waals surface area (Å²) >= 11 is 0. The topological polar surface area (TPSA) is 116 Å². The number of esters is 1. The predicted molar refractivity (Wildman–Crippen MR) is 118 cm³/mol. The van der Waals surface area contributed by atoms with Gasteiger partial charge in [-0.05, 0) is 45.1 Å². The van der Waals surface area contributed by atoms with Crippen LogP contribution in [0.2, 0.25) is 0 Å². The number of benzene rings is 1. The van der Waals surface area contributed by atoms with Gasteiger partial charge in [0.1, 0.15) is 5.52 Å². The Bertz CT molecular complexity index is 1310. The van der Waals surface area contributed by atoms with E-state index in [9.17, 15) is 18.0 Å². The molecule has 9 nitrogen and oxygen atoms in total. The highest BCUT2D eigenvalue weighted by atomic mass is 32.2. The summed E-state index contributed by atoms with van der Waals surface area (Å²) < 4.78 is 33.3. The second-order valence-electron chi connectivity index (χ2n) is 8.02. The molecule has 2 aromatic heterocycles. The molecule has 0 bridgehead atoms. The van der Waals surface area contributed by atoms with Crippen LogP contribution in [0, 0.1) is 0 Å². The summed E-state index contributed by atoms with van der Waals surface area (Å²) in [6.07, 6.45) is 2.87. The maximum Gasteiger partial charge on any atom is 0.340 e. The van der Waals surface area contributed by atoms with Crippen LogP contribution in [0.4, 0.5) is 0 Å². The van der Waals surface area contributed by atoms with Crippen molar-refractivity contribution >= 4 is 37.8 Å². The Kier molecular flexibility index (Phi) is 5.63. The monoisotopic (exact) mass is 446 g/mol. The quantitative estimate of drug-likeness (QED) is 0.559. The number of H-pyrrole nitrogens is 2. The second-order valence-corrected chi connectivity index (χ2v) is 9.96. The maximum atomic E-state index is 13.3. The highest BCUT2D eigenvalue weighted by Gasteiger charge is 2.33. The largest absolute Gasteiger partial charge is 0.462 e. The zero-order valence-electron chi connectivity index (χ0n) is 17.8. The summed E-state index contributed by atoms with van der Waals surface area (Å²) in [7, 11) is 0.161. The van der Waals surface area contributed by atoms with Crippen LogP contribution in [0.15, 0.2) is 34.1 Å². The van der Waals surface area contributed by atoms with Crippen LogP contribution in [0.5, 0.6) is 0 Å². The van der Waals surface area contributed by atoms with E-state index < -0.39 is 16.0 Å². The van der Waals surface area contributed by atoms with Crippen molar-refractivity contribution in [2.75, 3.05) is 33.8 Å². The van der Waals surface area contributed by atoms with Gasteiger partial charge in [0, 0.05) is 41.6 Å². The summed E-state index contributed by atoms with van der Waals surface area (Å²) in [5, 5.41) is 0.841. The molecular formula is C21H26N4O5S. The van der Waals surface area contributed by atoms with Crippen molar-refractivity contribution < 1.29 is 17.9 Å². The lowest BCUT2D eigenvalue weighted by Crippen LogP contribution is -2.34. The minimum absolute atomic E-state index is 0.127. The van der Waals surface area contributed by atoms with Crippen molar-refractivity contribution in [3.63, 3.8) is 0 Å². The molecular weight excluding hydrogens is 420 g/mol. The normalized spacial score (nSPS) is 17.7. The predicted octanol–water partition coefficient (Wildman–Crippen LogP) is 1.90. The molecule has 1 fully saturated rings. The van der Waals surface area contributed by atoms with Gasteiger partial charge < -0.3 is 19.6 Å². The second kappa shape index (κ2) is 8.10. The van der Waals surface area contributed by atoms with Gasteiger partial charge in [-0.2, -0.15) is 4.31 Å². The molecule has 10 heteroatoms. The highest BCUT2D eigenvalue weighted by molar-refractivity contribution is 7.89. The van der Waals surface area contributed by atoms with E-state index in [0.717, 1.165) is 6.42 Å². The summed E-state index contributed by atoms with van der Waals surface area (Å²) in [6.45, 7) is 3.02. The van der Waals surface area contributed by atoms with E-state index in [1.807, 2.05) is 25.9 Å². The van der Waals surface area contributed by atoms with Crippen LogP contribution in [-0.4, -0.2) is 73.4 Å². The molecule has 0 aliphatic carbocycles. The third kappa shape index (κ3) is 3.75. The zero-order valence-corrected chi connectivity index (χ0v) is 18.6. The average Bonchev–Trinajstić information content (AvgIpc) is 3.40. The first-order valence-electron chi connectivity index (χ1n) is 10.2. The first-order valence-corrected chi connectivity index (χ1v) is 11.7. The van der Waals surface area contributed by atoms with Gasteiger partial charge >= 0.3 is 5.97 Å². The van der Waals surface area contributed by atoms with E-state index in [1.165, 1.54) is 22.6 Å². The molecule has 3 aromatic rings. The first kappa shape index (κ1) is 21.5. The van der Waals surface area contributed by atoms with Gasteiger partial charge in [-0.15, -0.1) is 0 Å². The number of rotatable bonds is 6. The Morgan fingerprint density at radius 3 is 2.77 bits per heavy atom. The van der Waals surface area contributed by atoms with E-state index in [0.29, 0.717) is 35.8 Å². The van der Waals surface area contributed by atoms with Crippen LogP contribution >= 0.6 is 0 Å². The smallest absolute Gasteiger partial charge is 0.340 e. The molecule has 0 unspecified atom stereocenters. The van der Waals surface area contributed by atoms with Crippen LogP contribution < -0.4 is 5.56 Å². The number of nitrogens with one attached hydrogen (secondary N) is 2. The molecule has 3 heterocycles. The molecule has 0 saturated carbocycles. The number of carbonyl (C=O) groups excluding carboxylic acids is 1. The van der Waals surface area contributed by atoms with Crippen LogP contribution in [0.3, 0.4) is 0 Å². The van der Waals surface area contributed by atoms with E-state index >= 15 is 0 Å². The molecule has 0 amide bonds. The molecule has 1 saturated heterocycles. The number of ether oxygens (including phenoxy) is 1. The molecule has 1 aliphatic rings. The number of aromatic nitrogens is 2. The van der Waals surface area contributed by atoms with Crippen LogP contribution in [0.1, 0.15) is 30.1 Å². The van der Waals surface area contributed by atoms with Gasteiger partial charge in [0.25, 0.3) is 5.56 Å². The summed E-state index contributed by atoms with van der Waals surface area (Å²) in [5.74, 6) is -0.554. The third-order valence-electron chi connectivity index (χ3n) is 5.77. The van der Waals surface area contributed by atoms with Gasteiger partial charge in [-0.3, -0.25) is 4.79 Å². The number of hydrogen-bond donors (Lipinski definition) is 2. The van der Waals surface area contributed by atoms with Crippen molar-refractivity contribution in [3.8, 4) is 0 Å². The molecule has 31 heavy (non-hydrogen) atoms. The van der Waals surface area contributed by atoms with Crippen molar-refractivity contribution in [1.82, 2.24) is 19.2 Å². The minimum Gasteiger partial charge on any atom is -0.462 e. The number of likely N-dealkylation sites (N-methyl/N-ethyl adjacent to an activating group) is 1. The molecule has 2 N–H and O–H groups in total. The Balaban J connectivity index is 1.84.